The van der Waals surface area contributed by atoms with Gasteiger partial charge in [0.1, 0.15) is 5.60 Å². The van der Waals surface area contributed by atoms with Crippen molar-refractivity contribution < 1.29 is 9.53 Å². The first-order valence-corrected chi connectivity index (χ1v) is 10.9. The predicted molar refractivity (Wildman–Crippen MR) is 103 cm³/mol. The van der Waals surface area contributed by atoms with E-state index in [2.05, 4.69) is 25.4 Å². The lowest BCUT2D eigenvalue weighted by atomic mass is 9.95. The number of dihydropyridines is 1. The molecule has 1 aliphatic rings. The molecule has 3 nitrogen and oxygen atoms in total. The van der Waals surface area contributed by atoms with E-state index in [0.29, 0.717) is 5.57 Å². The number of rotatable bonds is 9. The summed E-state index contributed by atoms with van der Waals surface area (Å²) in [6.45, 7) is 12.8. The zero-order valence-corrected chi connectivity index (χ0v) is 16.2. The minimum Gasteiger partial charge on any atom is -0.456 e. The van der Waals surface area contributed by atoms with E-state index in [4.69, 9.17) is 4.74 Å². The summed E-state index contributed by atoms with van der Waals surface area (Å²) < 4.78 is 5.71. The van der Waals surface area contributed by atoms with Gasteiger partial charge in [0.2, 0.25) is 0 Å². The summed E-state index contributed by atoms with van der Waals surface area (Å²) in [5.74, 6) is 0.655. The highest BCUT2D eigenvalue weighted by Gasteiger charge is 2.33. The van der Waals surface area contributed by atoms with Crippen molar-refractivity contribution in [2.75, 3.05) is 12.3 Å². The van der Waals surface area contributed by atoms with Gasteiger partial charge in [-0.2, -0.15) is 0 Å². The molecule has 0 aliphatic carbocycles. The summed E-state index contributed by atoms with van der Waals surface area (Å²) >= 11 is 0. The fraction of sp³-hybridized carbons (Fsp3) is 0.625. The molecule has 1 heterocycles. The molecule has 0 N–H and O–H groups in total. The van der Waals surface area contributed by atoms with Gasteiger partial charge in [0, 0.05) is 29.7 Å². The SMILES string of the molecule is C=CCSSSC(C)(C)CC(C)(C)OC(=O)C1=CCCN=C1. The van der Waals surface area contributed by atoms with Crippen molar-refractivity contribution in [1.29, 1.82) is 0 Å². The highest BCUT2D eigenvalue weighted by Crippen LogP contribution is 2.46. The van der Waals surface area contributed by atoms with Crippen LogP contribution in [0.4, 0.5) is 0 Å². The molecule has 1 aliphatic heterocycles. The predicted octanol–water partition coefficient (Wildman–Crippen LogP) is 5.09. The highest BCUT2D eigenvalue weighted by atomic mass is 33.5. The van der Waals surface area contributed by atoms with E-state index in [9.17, 15) is 4.79 Å². The lowest BCUT2D eigenvalue weighted by molar-refractivity contribution is -0.151. The normalized spacial score (nSPS) is 15.4. The summed E-state index contributed by atoms with van der Waals surface area (Å²) in [7, 11) is 5.34. The molecule has 6 heteroatoms. The Morgan fingerprint density at radius 3 is 2.77 bits per heavy atom. The summed E-state index contributed by atoms with van der Waals surface area (Å²) in [6.07, 6.45) is 7.00. The molecule has 0 aromatic heterocycles. The van der Waals surface area contributed by atoms with Gasteiger partial charge in [-0.1, -0.05) is 33.7 Å². The quantitative estimate of drug-likeness (QED) is 0.248. The Balaban J connectivity index is 2.50. The van der Waals surface area contributed by atoms with Crippen LogP contribution in [0.15, 0.2) is 29.3 Å². The van der Waals surface area contributed by atoms with Crippen LogP contribution in [-0.2, 0) is 9.53 Å². The van der Waals surface area contributed by atoms with Gasteiger partial charge in [-0.15, -0.1) is 6.58 Å². The maximum atomic E-state index is 12.2. The Morgan fingerprint density at radius 2 is 2.18 bits per heavy atom. The van der Waals surface area contributed by atoms with E-state index < -0.39 is 5.60 Å². The molecule has 0 unspecified atom stereocenters. The molecule has 0 fully saturated rings. The molecule has 0 saturated heterocycles. The van der Waals surface area contributed by atoms with Crippen molar-refractivity contribution in [3.63, 3.8) is 0 Å². The Labute approximate surface area is 145 Å². The van der Waals surface area contributed by atoms with Crippen LogP contribution in [0.3, 0.4) is 0 Å². The van der Waals surface area contributed by atoms with Gasteiger partial charge in [0.25, 0.3) is 0 Å². The standard InChI is InChI=1S/C16H25NO2S3/c1-6-10-20-22-21-16(4,5)12-15(2,3)19-14(18)13-8-7-9-17-11-13/h6,8,11H,1,7,9-10,12H2,2-5H3. The number of hydrogen-bond donors (Lipinski definition) is 0. The van der Waals surface area contributed by atoms with Crippen molar-refractivity contribution in [2.45, 2.75) is 50.9 Å². The van der Waals surface area contributed by atoms with E-state index in [1.807, 2.05) is 36.8 Å². The largest absolute Gasteiger partial charge is 0.456 e. The first-order chi connectivity index (χ1) is 10.3. The maximum absolute atomic E-state index is 12.2. The summed E-state index contributed by atoms with van der Waals surface area (Å²) in [6, 6.07) is 0. The zero-order valence-electron chi connectivity index (χ0n) is 13.8. The van der Waals surface area contributed by atoms with Gasteiger partial charge in [-0.05, 0) is 43.9 Å². The second-order valence-electron chi connectivity index (χ2n) is 6.29. The van der Waals surface area contributed by atoms with Gasteiger partial charge in [-0.25, -0.2) is 4.79 Å². The third-order valence-corrected chi connectivity index (χ3v) is 7.67. The summed E-state index contributed by atoms with van der Waals surface area (Å²) in [5, 5.41) is 0. The van der Waals surface area contributed by atoms with E-state index in [1.165, 1.54) is 0 Å². The Kier molecular flexibility index (Phi) is 8.14. The third-order valence-electron chi connectivity index (χ3n) is 2.80. The van der Waals surface area contributed by atoms with Crippen LogP contribution in [0.5, 0.6) is 0 Å². The Bertz CT molecular complexity index is 456. The molecule has 0 aromatic rings. The van der Waals surface area contributed by atoms with Crippen molar-refractivity contribution in [3.8, 4) is 0 Å². The van der Waals surface area contributed by atoms with Crippen molar-refractivity contribution in [3.05, 3.63) is 24.3 Å². The minimum atomic E-state index is -0.511. The molecule has 0 aromatic carbocycles. The summed E-state index contributed by atoms with van der Waals surface area (Å²) in [5.41, 5.74) is 0.0595. The minimum absolute atomic E-state index is 0.0116. The molecular weight excluding hydrogens is 334 g/mol. The number of nitrogens with zero attached hydrogens (tertiary/aromatic N) is 1. The highest BCUT2D eigenvalue weighted by molar-refractivity contribution is 9.09. The Hall–Kier alpha value is -0.330. The van der Waals surface area contributed by atoms with Crippen LogP contribution in [0, 0.1) is 0 Å². The average Bonchev–Trinajstić information content (AvgIpc) is 2.43. The topological polar surface area (TPSA) is 38.7 Å². The van der Waals surface area contributed by atoms with E-state index >= 15 is 0 Å². The van der Waals surface area contributed by atoms with E-state index in [0.717, 1.165) is 25.1 Å². The van der Waals surface area contributed by atoms with Crippen molar-refractivity contribution in [1.82, 2.24) is 0 Å². The smallest absolute Gasteiger partial charge is 0.339 e. The fourth-order valence-electron chi connectivity index (χ4n) is 2.24. The fourth-order valence-corrected chi connectivity index (χ4v) is 6.95. The molecular formula is C16H25NO2S3. The van der Waals surface area contributed by atoms with Gasteiger partial charge in [0.05, 0.1) is 5.57 Å². The number of carbonyl (C=O) groups excluding carboxylic acids is 1. The molecule has 1 rings (SSSR count). The average molecular weight is 360 g/mol. The number of ether oxygens (including phenoxy) is 1. The zero-order chi connectivity index (χ0) is 16.6. The molecule has 0 atom stereocenters. The van der Waals surface area contributed by atoms with E-state index in [-0.39, 0.29) is 10.7 Å². The second kappa shape index (κ2) is 9.08. The first-order valence-electron chi connectivity index (χ1n) is 7.27. The van der Waals surface area contributed by atoms with Gasteiger partial charge in [-0.3, -0.25) is 4.99 Å². The van der Waals surface area contributed by atoms with Crippen LogP contribution in [0.2, 0.25) is 0 Å². The Morgan fingerprint density at radius 1 is 1.45 bits per heavy atom. The van der Waals surface area contributed by atoms with E-state index in [1.54, 1.807) is 26.8 Å². The van der Waals surface area contributed by atoms with Crippen LogP contribution in [-0.4, -0.2) is 34.8 Å². The molecule has 124 valence electrons. The third kappa shape index (κ3) is 7.79. The number of carbonyl (C=O) groups is 1. The maximum Gasteiger partial charge on any atom is 0.339 e. The lowest BCUT2D eigenvalue weighted by Gasteiger charge is -2.33. The van der Waals surface area contributed by atoms with Crippen LogP contribution in [0.1, 0.15) is 40.5 Å². The molecule has 0 saturated carbocycles. The number of aliphatic imine (C=N–C) groups is 1. The molecule has 0 amide bonds. The van der Waals surface area contributed by atoms with Crippen LogP contribution < -0.4 is 0 Å². The summed E-state index contributed by atoms with van der Waals surface area (Å²) in [4.78, 5) is 16.3. The molecule has 0 radical (unpaired) electrons. The molecule has 0 spiro atoms. The second-order valence-corrected chi connectivity index (χ2v) is 11.1. The van der Waals surface area contributed by atoms with Gasteiger partial charge in [0.15, 0.2) is 0 Å². The van der Waals surface area contributed by atoms with Crippen LogP contribution >= 0.6 is 31.4 Å². The van der Waals surface area contributed by atoms with Crippen molar-refractivity contribution in [2.24, 2.45) is 4.99 Å². The van der Waals surface area contributed by atoms with Crippen molar-refractivity contribution >= 4 is 43.6 Å². The molecule has 22 heavy (non-hydrogen) atoms. The van der Waals surface area contributed by atoms with Gasteiger partial charge >= 0.3 is 5.97 Å². The number of hydrogen-bond acceptors (Lipinski definition) is 6. The van der Waals surface area contributed by atoms with Crippen LogP contribution in [0.25, 0.3) is 0 Å². The number of esters is 1. The monoisotopic (exact) mass is 359 g/mol. The first kappa shape index (κ1) is 19.7. The lowest BCUT2D eigenvalue weighted by Crippen LogP contribution is -2.35. The van der Waals surface area contributed by atoms with Gasteiger partial charge < -0.3 is 4.74 Å². The molecule has 0 bridgehead atoms.